The molecule has 1 fully saturated rings. The average molecular weight is 338 g/mol. The van der Waals surface area contributed by atoms with Gasteiger partial charge in [-0.1, -0.05) is 31.2 Å². The second-order valence-electron chi connectivity index (χ2n) is 6.55. The molecule has 128 valence electrons. The quantitative estimate of drug-likeness (QED) is 0.834. The Morgan fingerprint density at radius 2 is 1.87 bits per heavy atom. The molecule has 0 saturated carbocycles. The van der Waals surface area contributed by atoms with Crippen molar-refractivity contribution in [1.82, 2.24) is 10.0 Å². The second-order valence-corrected chi connectivity index (χ2v) is 8.87. The minimum absolute atomic E-state index is 0.104. The Hall–Kier alpha value is -1.40. The van der Waals surface area contributed by atoms with E-state index in [4.69, 9.17) is 0 Å². The summed E-state index contributed by atoms with van der Waals surface area (Å²) < 4.78 is 26.3. The molecule has 1 saturated heterocycles. The number of benzene rings is 1. The van der Waals surface area contributed by atoms with Crippen LogP contribution in [0.1, 0.15) is 56.6 Å². The van der Waals surface area contributed by atoms with Gasteiger partial charge in [0.1, 0.15) is 0 Å². The predicted molar refractivity (Wildman–Crippen MR) is 91.9 cm³/mol. The molecule has 1 heterocycles. The van der Waals surface area contributed by atoms with Crippen LogP contribution >= 0.6 is 0 Å². The van der Waals surface area contributed by atoms with Crippen molar-refractivity contribution >= 4 is 15.9 Å². The molecule has 0 aliphatic carbocycles. The van der Waals surface area contributed by atoms with Gasteiger partial charge >= 0.3 is 0 Å². The first-order valence-electron chi connectivity index (χ1n) is 8.14. The highest BCUT2D eigenvalue weighted by molar-refractivity contribution is 7.90. The molecule has 0 spiro atoms. The van der Waals surface area contributed by atoms with Crippen molar-refractivity contribution in [2.24, 2.45) is 0 Å². The first-order chi connectivity index (χ1) is 10.8. The first-order valence-corrected chi connectivity index (χ1v) is 9.69. The van der Waals surface area contributed by atoms with Gasteiger partial charge in [0.05, 0.1) is 5.25 Å². The highest BCUT2D eigenvalue weighted by Crippen LogP contribution is 2.27. The SMILES string of the molecule is CC(CNS(=O)(=O)C(C)C)c1ccc(C2CCNC(=O)C2)cc1. The van der Waals surface area contributed by atoms with Gasteiger partial charge in [0, 0.05) is 19.5 Å². The highest BCUT2D eigenvalue weighted by atomic mass is 32.2. The summed E-state index contributed by atoms with van der Waals surface area (Å²) in [5, 5.41) is 2.43. The molecule has 6 heteroatoms. The van der Waals surface area contributed by atoms with E-state index in [0.29, 0.717) is 13.0 Å². The number of sulfonamides is 1. The number of nitrogens with one attached hydrogen (secondary N) is 2. The zero-order valence-corrected chi connectivity index (χ0v) is 14.8. The Bertz CT molecular complexity index is 638. The van der Waals surface area contributed by atoms with Gasteiger partial charge in [-0.15, -0.1) is 0 Å². The van der Waals surface area contributed by atoms with E-state index in [-0.39, 0.29) is 17.7 Å². The van der Waals surface area contributed by atoms with Gasteiger partial charge in [-0.2, -0.15) is 0 Å². The first kappa shape index (κ1) is 17.9. The van der Waals surface area contributed by atoms with Gasteiger partial charge in [-0.05, 0) is 43.2 Å². The normalized spacial score (nSPS) is 20.3. The molecule has 2 atom stereocenters. The fraction of sp³-hybridized carbons (Fsp3) is 0.588. The minimum Gasteiger partial charge on any atom is -0.356 e. The minimum atomic E-state index is -3.23. The topological polar surface area (TPSA) is 75.3 Å². The Balaban J connectivity index is 1.97. The summed E-state index contributed by atoms with van der Waals surface area (Å²) in [7, 11) is -3.23. The molecular weight excluding hydrogens is 312 g/mol. The summed E-state index contributed by atoms with van der Waals surface area (Å²) in [6.45, 7) is 6.47. The average Bonchev–Trinajstić information content (AvgIpc) is 2.52. The van der Waals surface area contributed by atoms with Crippen LogP contribution in [0.15, 0.2) is 24.3 Å². The van der Waals surface area contributed by atoms with E-state index in [1.54, 1.807) is 13.8 Å². The predicted octanol–water partition coefficient (Wildman–Crippen LogP) is 2.11. The van der Waals surface area contributed by atoms with E-state index in [2.05, 4.69) is 22.2 Å². The lowest BCUT2D eigenvalue weighted by Crippen LogP contribution is -2.33. The van der Waals surface area contributed by atoms with E-state index in [1.165, 1.54) is 5.56 Å². The van der Waals surface area contributed by atoms with Crippen molar-refractivity contribution in [3.8, 4) is 0 Å². The number of carbonyl (C=O) groups excluding carboxylic acids is 1. The van der Waals surface area contributed by atoms with Gasteiger partial charge in [0.15, 0.2) is 0 Å². The molecular formula is C17H26N2O3S. The number of amides is 1. The van der Waals surface area contributed by atoms with Crippen LogP contribution in [0, 0.1) is 0 Å². The van der Waals surface area contributed by atoms with E-state index < -0.39 is 15.3 Å². The Kier molecular flexibility index (Phi) is 5.81. The summed E-state index contributed by atoms with van der Waals surface area (Å²) >= 11 is 0. The third-order valence-corrected chi connectivity index (χ3v) is 6.25. The van der Waals surface area contributed by atoms with Crippen molar-refractivity contribution < 1.29 is 13.2 Å². The van der Waals surface area contributed by atoms with E-state index >= 15 is 0 Å². The molecule has 1 aliphatic rings. The van der Waals surface area contributed by atoms with Crippen LogP contribution in [0.5, 0.6) is 0 Å². The molecule has 0 radical (unpaired) electrons. The monoisotopic (exact) mass is 338 g/mol. The second kappa shape index (κ2) is 7.45. The third-order valence-electron chi connectivity index (χ3n) is 4.43. The lowest BCUT2D eigenvalue weighted by molar-refractivity contribution is -0.122. The van der Waals surface area contributed by atoms with Crippen molar-refractivity contribution in [3.05, 3.63) is 35.4 Å². The molecule has 1 aliphatic heterocycles. The van der Waals surface area contributed by atoms with Crippen molar-refractivity contribution in [1.29, 1.82) is 0 Å². The number of rotatable bonds is 6. The fourth-order valence-corrected chi connectivity index (χ4v) is 3.51. The molecule has 1 aromatic rings. The van der Waals surface area contributed by atoms with E-state index in [1.807, 2.05) is 19.1 Å². The Labute approximate surface area is 138 Å². The Morgan fingerprint density at radius 1 is 1.22 bits per heavy atom. The molecule has 1 amide bonds. The summed E-state index contributed by atoms with van der Waals surface area (Å²) in [4.78, 5) is 11.5. The van der Waals surface area contributed by atoms with Crippen molar-refractivity contribution in [3.63, 3.8) is 0 Å². The standard InChI is InChI=1S/C17H26N2O3S/c1-12(2)23(21,22)19-11-13(3)14-4-6-15(7-5-14)16-8-9-18-17(20)10-16/h4-7,12-13,16,19H,8-11H2,1-3H3,(H,18,20). The fourth-order valence-electron chi connectivity index (χ4n) is 2.69. The molecule has 5 nitrogen and oxygen atoms in total. The number of piperidine rings is 1. The molecule has 1 aromatic carbocycles. The summed E-state index contributed by atoms with van der Waals surface area (Å²) in [6, 6.07) is 8.20. The van der Waals surface area contributed by atoms with Crippen LogP contribution in [0.3, 0.4) is 0 Å². The summed E-state index contributed by atoms with van der Waals surface area (Å²) in [5.74, 6) is 0.501. The lowest BCUT2D eigenvalue weighted by Gasteiger charge is -2.23. The van der Waals surface area contributed by atoms with Crippen LogP contribution in [0.4, 0.5) is 0 Å². The summed E-state index contributed by atoms with van der Waals surface area (Å²) in [6.07, 6.45) is 1.51. The molecule has 23 heavy (non-hydrogen) atoms. The largest absolute Gasteiger partial charge is 0.356 e. The molecule has 2 rings (SSSR count). The molecule has 2 unspecified atom stereocenters. The smallest absolute Gasteiger partial charge is 0.220 e. The van der Waals surface area contributed by atoms with Crippen LogP contribution in [-0.2, 0) is 14.8 Å². The van der Waals surface area contributed by atoms with Gasteiger partial charge < -0.3 is 5.32 Å². The maximum Gasteiger partial charge on any atom is 0.220 e. The van der Waals surface area contributed by atoms with Gasteiger partial charge in [-0.3, -0.25) is 4.79 Å². The van der Waals surface area contributed by atoms with Crippen LogP contribution in [0.25, 0.3) is 0 Å². The van der Waals surface area contributed by atoms with E-state index in [0.717, 1.165) is 18.5 Å². The Morgan fingerprint density at radius 3 is 2.43 bits per heavy atom. The summed E-state index contributed by atoms with van der Waals surface area (Å²) in [5.41, 5.74) is 2.28. The zero-order valence-electron chi connectivity index (χ0n) is 14.0. The van der Waals surface area contributed by atoms with E-state index in [9.17, 15) is 13.2 Å². The molecule has 0 aromatic heterocycles. The van der Waals surface area contributed by atoms with Gasteiger partial charge in [-0.25, -0.2) is 13.1 Å². The molecule has 2 N–H and O–H groups in total. The molecule has 0 bridgehead atoms. The van der Waals surface area contributed by atoms with Crippen LogP contribution in [-0.4, -0.2) is 32.7 Å². The highest BCUT2D eigenvalue weighted by Gasteiger charge is 2.21. The van der Waals surface area contributed by atoms with Crippen LogP contribution in [0.2, 0.25) is 0 Å². The van der Waals surface area contributed by atoms with Crippen molar-refractivity contribution in [2.45, 2.75) is 50.7 Å². The van der Waals surface area contributed by atoms with Crippen LogP contribution < -0.4 is 10.0 Å². The maximum absolute atomic E-state index is 11.8. The van der Waals surface area contributed by atoms with Gasteiger partial charge in [0.2, 0.25) is 15.9 Å². The third kappa shape index (κ3) is 4.78. The van der Waals surface area contributed by atoms with Gasteiger partial charge in [0.25, 0.3) is 0 Å². The lowest BCUT2D eigenvalue weighted by atomic mass is 9.88. The maximum atomic E-state index is 11.8. The number of hydrogen-bond acceptors (Lipinski definition) is 3. The van der Waals surface area contributed by atoms with Crippen molar-refractivity contribution in [2.75, 3.05) is 13.1 Å². The number of hydrogen-bond donors (Lipinski definition) is 2. The number of carbonyl (C=O) groups is 1. The zero-order chi connectivity index (χ0) is 17.0.